The van der Waals surface area contributed by atoms with Crippen LogP contribution in [-0.4, -0.2) is 75.5 Å². The summed E-state index contributed by atoms with van der Waals surface area (Å²) in [5.74, 6) is -1.76. The van der Waals surface area contributed by atoms with Crippen LogP contribution in [0.15, 0.2) is 60.8 Å². The lowest BCUT2D eigenvalue weighted by Gasteiger charge is -2.34. The molecular weight excluding hydrogens is 739 g/mol. The molecule has 0 radical (unpaired) electrons. The fourth-order valence-corrected chi connectivity index (χ4v) is 6.74. The van der Waals surface area contributed by atoms with E-state index in [0.717, 1.165) is 83.5 Å². The van der Waals surface area contributed by atoms with Crippen molar-refractivity contribution in [1.82, 2.24) is 0 Å². The van der Waals surface area contributed by atoms with E-state index in [0.29, 0.717) is 12.8 Å². The highest BCUT2D eigenvalue weighted by Gasteiger charge is 2.25. The molecule has 0 heterocycles. The number of carbonyl (C=O) groups is 3. The number of hydrogen-bond donors (Lipinski definition) is 0. The molecule has 0 aromatic rings. The molecule has 340 valence electrons. The summed E-state index contributed by atoms with van der Waals surface area (Å²) in [4.78, 5) is 36.9. The first kappa shape index (κ1) is 56.0. The average Bonchev–Trinajstić information content (AvgIpc) is 3.19. The molecule has 0 N–H and O–H groups in total. The van der Waals surface area contributed by atoms with Gasteiger partial charge in [-0.1, -0.05) is 177 Å². The Morgan fingerprint density at radius 3 is 1.41 bits per heavy atom. The van der Waals surface area contributed by atoms with Crippen LogP contribution in [0, 0.1) is 0 Å². The fraction of sp³-hybridized carbons (Fsp3) is 0.745. The highest BCUT2D eigenvalue weighted by molar-refractivity contribution is 5.70. The number of carboxylic acids is 1. The van der Waals surface area contributed by atoms with Crippen molar-refractivity contribution in [3.05, 3.63) is 60.8 Å². The zero-order chi connectivity index (χ0) is 43.5. The van der Waals surface area contributed by atoms with Crippen molar-refractivity contribution >= 4 is 17.9 Å². The molecule has 0 bridgehead atoms. The first-order valence-corrected chi connectivity index (χ1v) is 23.8. The highest BCUT2D eigenvalue weighted by Crippen LogP contribution is 2.15. The van der Waals surface area contributed by atoms with Crippen molar-refractivity contribution in [2.24, 2.45) is 0 Å². The molecule has 0 aliphatic heterocycles. The van der Waals surface area contributed by atoms with Crippen molar-refractivity contribution in [3.8, 4) is 0 Å². The Labute approximate surface area is 362 Å². The molecule has 0 fully saturated rings. The average molecular weight is 828 g/mol. The Kier molecular flexibility index (Phi) is 39.6. The van der Waals surface area contributed by atoms with Gasteiger partial charge in [0.05, 0.1) is 40.3 Å². The molecule has 0 aromatic carbocycles. The zero-order valence-electron chi connectivity index (χ0n) is 38.7. The molecule has 59 heavy (non-hydrogen) atoms. The van der Waals surface area contributed by atoms with Gasteiger partial charge in [-0.25, -0.2) is 0 Å². The number of likely N-dealkylation sites (N-methyl/N-ethyl adjacent to an activating group) is 1. The van der Waals surface area contributed by atoms with Crippen LogP contribution in [0.3, 0.4) is 0 Å². The van der Waals surface area contributed by atoms with Crippen molar-refractivity contribution in [2.75, 3.05) is 41.0 Å². The van der Waals surface area contributed by atoms with E-state index >= 15 is 0 Å². The molecular formula is C51H89NO7. The number of nitrogens with zero attached hydrogens (tertiary/aromatic N) is 1. The minimum Gasteiger partial charge on any atom is -0.544 e. The summed E-state index contributed by atoms with van der Waals surface area (Å²) in [6.07, 6.45) is 51.0. The lowest BCUT2D eigenvalue weighted by molar-refractivity contribution is -0.889. The molecule has 0 aliphatic rings. The van der Waals surface area contributed by atoms with Crippen LogP contribution in [0.1, 0.15) is 194 Å². The zero-order valence-corrected chi connectivity index (χ0v) is 38.7. The summed E-state index contributed by atoms with van der Waals surface area (Å²) in [7, 11) is 5.40. The van der Waals surface area contributed by atoms with E-state index < -0.39 is 18.1 Å². The van der Waals surface area contributed by atoms with E-state index in [2.05, 4.69) is 74.6 Å². The van der Waals surface area contributed by atoms with E-state index in [-0.39, 0.29) is 42.7 Å². The molecule has 8 heteroatoms. The van der Waals surface area contributed by atoms with Crippen LogP contribution < -0.4 is 5.11 Å². The van der Waals surface area contributed by atoms with Gasteiger partial charge in [0.15, 0.2) is 6.10 Å². The van der Waals surface area contributed by atoms with Crippen LogP contribution in [-0.2, 0) is 28.6 Å². The number of esters is 2. The fourth-order valence-electron chi connectivity index (χ4n) is 6.74. The Morgan fingerprint density at radius 2 is 0.949 bits per heavy atom. The van der Waals surface area contributed by atoms with Gasteiger partial charge in [-0.2, -0.15) is 0 Å². The maximum absolute atomic E-state index is 12.7. The normalized spacial score (nSPS) is 13.4. The van der Waals surface area contributed by atoms with Gasteiger partial charge in [0, 0.05) is 19.3 Å². The number of unbranched alkanes of at least 4 members (excludes halogenated alkanes) is 18. The quantitative estimate of drug-likeness (QED) is 0.0261. The van der Waals surface area contributed by atoms with Crippen molar-refractivity contribution < 1.29 is 38.2 Å². The molecule has 2 atom stereocenters. The second-order valence-corrected chi connectivity index (χ2v) is 17.0. The maximum atomic E-state index is 12.7. The predicted molar refractivity (Wildman–Crippen MR) is 245 cm³/mol. The highest BCUT2D eigenvalue weighted by atomic mass is 16.6. The van der Waals surface area contributed by atoms with Gasteiger partial charge in [0.25, 0.3) is 0 Å². The molecule has 8 nitrogen and oxygen atoms in total. The maximum Gasteiger partial charge on any atom is 0.306 e. The van der Waals surface area contributed by atoms with Crippen LogP contribution in [0.25, 0.3) is 0 Å². The van der Waals surface area contributed by atoms with Crippen molar-refractivity contribution in [1.29, 1.82) is 0 Å². The first-order valence-electron chi connectivity index (χ1n) is 23.8. The molecule has 2 unspecified atom stereocenters. The number of hydrogen-bond acceptors (Lipinski definition) is 7. The van der Waals surface area contributed by atoms with Gasteiger partial charge in [0.1, 0.15) is 12.6 Å². The minimum absolute atomic E-state index is 0.0323. The summed E-state index contributed by atoms with van der Waals surface area (Å²) >= 11 is 0. The molecule has 0 saturated carbocycles. The summed E-state index contributed by atoms with van der Waals surface area (Å²) in [6, 6.07) is -0.731. The molecule has 0 saturated heterocycles. The summed E-state index contributed by atoms with van der Waals surface area (Å²) < 4.78 is 17.2. The van der Waals surface area contributed by atoms with E-state index in [1.807, 2.05) is 0 Å². The van der Waals surface area contributed by atoms with E-state index in [4.69, 9.17) is 14.2 Å². The Hall–Kier alpha value is -2.97. The summed E-state index contributed by atoms with van der Waals surface area (Å²) in [5, 5.41) is 11.6. The monoisotopic (exact) mass is 828 g/mol. The lowest BCUT2D eigenvalue weighted by Crippen LogP contribution is -2.55. The van der Waals surface area contributed by atoms with Crippen LogP contribution in [0.2, 0.25) is 0 Å². The van der Waals surface area contributed by atoms with E-state index in [9.17, 15) is 19.5 Å². The topological polar surface area (TPSA) is 102 Å². The number of allylic oxidation sites excluding steroid dienone is 10. The van der Waals surface area contributed by atoms with Gasteiger partial charge in [-0.3, -0.25) is 9.59 Å². The lowest BCUT2D eigenvalue weighted by atomic mass is 10.0. The largest absolute Gasteiger partial charge is 0.544 e. The summed E-state index contributed by atoms with van der Waals surface area (Å²) in [6.45, 7) is 4.53. The van der Waals surface area contributed by atoms with Crippen LogP contribution in [0.5, 0.6) is 0 Å². The molecule has 0 aliphatic carbocycles. The van der Waals surface area contributed by atoms with Crippen LogP contribution >= 0.6 is 0 Å². The van der Waals surface area contributed by atoms with Gasteiger partial charge < -0.3 is 28.6 Å². The predicted octanol–water partition coefficient (Wildman–Crippen LogP) is 12.0. The number of carboxylic acid groups (broad SMARTS) is 1. The van der Waals surface area contributed by atoms with Crippen molar-refractivity contribution in [2.45, 2.75) is 206 Å². The minimum atomic E-state index is -1.13. The third kappa shape index (κ3) is 40.2. The second-order valence-electron chi connectivity index (χ2n) is 17.0. The Balaban J connectivity index is 4.34. The molecule has 0 amide bonds. The Morgan fingerprint density at radius 1 is 0.525 bits per heavy atom. The molecule has 0 rings (SSSR count). The van der Waals surface area contributed by atoms with Gasteiger partial charge in [0.2, 0.25) is 0 Å². The first-order chi connectivity index (χ1) is 28.6. The van der Waals surface area contributed by atoms with E-state index in [1.165, 1.54) is 77.0 Å². The van der Waals surface area contributed by atoms with E-state index in [1.54, 1.807) is 21.1 Å². The summed E-state index contributed by atoms with van der Waals surface area (Å²) in [5.41, 5.74) is 0. The third-order valence-electron chi connectivity index (χ3n) is 10.4. The second kappa shape index (κ2) is 41.8. The number of ether oxygens (including phenoxy) is 3. The standard InChI is InChI=1S/C51H89NO7/c1-6-8-10-12-14-16-18-20-22-23-24-25-26-28-29-31-33-35-37-39-41-49(53)58-46-47(45-57-44-43-48(51(55)56)52(3,4)5)59-50(54)42-40-38-36-34-32-30-27-21-19-17-15-13-11-9-7-2/h8,10,14,16,20,22,24-25,28-29,47-48H,6-7,9,11-13,15,17-19,21,23,26-27,30-46H2,1-5H3/b10-8+,16-14+,22-20+,25-24+,29-28+. The number of aliphatic carboxylic acids is 1. The van der Waals surface area contributed by atoms with Crippen molar-refractivity contribution in [3.63, 3.8) is 0 Å². The third-order valence-corrected chi connectivity index (χ3v) is 10.4. The number of quaternary nitrogens is 1. The molecule has 0 aromatic heterocycles. The van der Waals surface area contributed by atoms with Gasteiger partial charge in [-0.15, -0.1) is 0 Å². The van der Waals surface area contributed by atoms with Gasteiger partial charge in [-0.05, 0) is 57.8 Å². The van der Waals surface area contributed by atoms with Crippen LogP contribution in [0.4, 0.5) is 0 Å². The SMILES string of the molecule is CC/C=C/C/C=C/C/C=C/C/C=C/C/C=C/CCCCCCC(=O)OCC(COCCC(C(=O)[O-])[N+](C)(C)C)OC(=O)CCCCCCCCCCCCCCCCC. The Bertz CT molecular complexity index is 1150. The van der Waals surface area contributed by atoms with Gasteiger partial charge >= 0.3 is 11.9 Å². The smallest absolute Gasteiger partial charge is 0.306 e. The number of carbonyl (C=O) groups excluding carboxylic acids is 3. The molecule has 0 spiro atoms. The number of rotatable bonds is 42.